The monoisotopic (exact) mass is 274 g/mol. The minimum Gasteiger partial charge on any atom is -0.506 e. The molecule has 0 atom stereocenters. The van der Waals surface area contributed by atoms with Crippen molar-refractivity contribution in [1.29, 1.82) is 0 Å². The lowest BCUT2D eigenvalue weighted by Gasteiger charge is -2.14. The summed E-state index contributed by atoms with van der Waals surface area (Å²) < 4.78 is 0. The van der Waals surface area contributed by atoms with Crippen LogP contribution in [-0.2, 0) is 19.8 Å². The molecule has 0 fully saturated rings. The van der Waals surface area contributed by atoms with Crippen molar-refractivity contribution in [3.05, 3.63) is 52.8 Å². The molecule has 0 aliphatic rings. The number of hydrogen-bond acceptors (Lipinski definition) is 5. The molecule has 0 saturated heterocycles. The first-order chi connectivity index (χ1) is 9.67. The maximum absolute atomic E-state index is 10.1. The molecular weight excluding hydrogens is 256 g/mol. The van der Waals surface area contributed by atoms with Crippen LogP contribution in [0.2, 0.25) is 0 Å². The molecule has 2 aromatic rings. The Bertz CT molecular complexity index is 600. The molecule has 1 heterocycles. The molecule has 5 nitrogen and oxygen atoms in total. The van der Waals surface area contributed by atoms with E-state index in [4.69, 9.17) is 0 Å². The third-order valence-corrected chi connectivity index (χ3v) is 3.24. The molecule has 0 saturated carbocycles. The van der Waals surface area contributed by atoms with E-state index in [1.165, 1.54) is 0 Å². The number of aliphatic hydroxyl groups is 2. The van der Waals surface area contributed by atoms with Gasteiger partial charge >= 0.3 is 0 Å². The maximum atomic E-state index is 10.1. The fourth-order valence-corrected chi connectivity index (χ4v) is 2.03. The van der Waals surface area contributed by atoms with Crippen LogP contribution in [0.1, 0.15) is 22.4 Å². The van der Waals surface area contributed by atoms with Gasteiger partial charge in [0.1, 0.15) is 5.75 Å². The Morgan fingerprint density at radius 3 is 2.50 bits per heavy atom. The largest absolute Gasteiger partial charge is 0.506 e. The number of aliphatic hydroxyl groups excluding tert-OH is 2. The number of hydrogen-bond donors (Lipinski definition) is 4. The first-order valence-electron chi connectivity index (χ1n) is 6.37. The SMILES string of the molecule is Cc1ncc(CO)c(CNc2ccccc2CO)c1O. The predicted molar refractivity (Wildman–Crippen MR) is 76.3 cm³/mol. The quantitative estimate of drug-likeness (QED) is 0.666. The van der Waals surface area contributed by atoms with E-state index in [0.29, 0.717) is 23.4 Å². The van der Waals surface area contributed by atoms with Gasteiger partial charge in [-0.15, -0.1) is 0 Å². The topological polar surface area (TPSA) is 85.6 Å². The molecule has 106 valence electrons. The summed E-state index contributed by atoms with van der Waals surface area (Å²) >= 11 is 0. The number of rotatable bonds is 5. The number of aromatic hydroxyl groups is 1. The van der Waals surface area contributed by atoms with Gasteiger partial charge in [0.15, 0.2) is 0 Å². The third-order valence-electron chi connectivity index (χ3n) is 3.24. The zero-order valence-corrected chi connectivity index (χ0v) is 11.3. The molecule has 1 aromatic heterocycles. The Morgan fingerprint density at radius 1 is 1.10 bits per heavy atom. The van der Waals surface area contributed by atoms with Gasteiger partial charge in [0.25, 0.3) is 0 Å². The summed E-state index contributed by atoms with van der Waals surface area (Å²) in [5, 5.41) is 31.8. The number of nitrogens with one attached hydrogen (secondary N) is 1. The number of aromatic nitrogens is 1. The van der Waals surface area contributed by atoms with Gasteiger partial charge in [0.2, 0.25) is 0 Å². The van der Waals surface area contributed by atoms with Crippen LogP contribution in [0.25, 0.3) is 0 Å². The Hall–Kier alpha value is -2.11. The summed E-state index contributed by atoms with van der Waals surface area (Å²) in [5.41, 5.74) is 3.31. The normalized spacial score (nSPS) is 10.6. The fraction of sp³-hybridized carbons (Fsp3) is 0.267. The van der Waals surface area contributed by atoms with E-state index in [1.807, 2.05) is 24.3 Å². The zero-order valence-electron chi connectivity index (χ0n) is 11.3. The van der Waals surface area contributed by atoms with E-state index in [-0.39, 0.29) is 19.0 Å². The highest BCUT2D eigenvalue weighted by atomic mass is 16.3. The van der Waals surface area contributed by atoms with Crippen LogP contribution in [0.15, 0.2) is 30.5 Å². The van der Waals surface area contributed by atoms with Gasteiger partial charge in [-0.3, -0.25) is 4.98 Å². The minimum absolute atomic E-state index is 0.0581. The van der Waals surface area contributed by atoms with Crippen molar-refractivity contribution in [3.8, 4) is 5.75 Å². The fourth-order valence-electron chi connectivity index (χ4n) is 2.03. The molecule has 0 aliphatic carbocycles. The van der Waals surface area contributed by atoms with Crippen LogP contribution in [0.3, 0.4) is 0 Å². The highest BCUT2D eigenvalue weighted by Gasteiger charge is 2.11. The molecule has 0 unspecified atom stereocenters. The predicted octanol–water partition coefficient (Wildman–Crippen LogP) is 1.69. The average molecular weight is 274 g/mol. The standard InChI is InChI=1S/C15H18N2O3/c1-10-15(20)13(12(9-19)6-16-10)7-17-14-5-3-2-4-11(14)8-18/h2-6,17-20H,7-9H2,1H3. The molecule has 0 bridgehead atoms. The van der Waals surface area contributed by atoms with E-state index in [1.54, 1.807) is 13.1 Å². The van der Waals surface area contributed by atoms with Crippen molar-refractivity contribution in [2.24, 2.45) is 0 Å². The Labute approximate surface area is 117 Å². The van der Waals surface area contributed by atoms with Crippen LogP contribution in [0.5, 0.6) is 5.75 Å². The molecule has 2 rings (SSSR count). The van der Waals surface area contributed by atoms with Gasteiger partial charge in [0, 0.05) is 35.1 Å². The van der Waals surface area contributed by atoms with Gasteiger partial charge in [-0.2, -0.15) is 0 Å². The first kappa shape index (κ1) is 14.3. The van der Waals surface area contributed by atoms with Crippen molar-refractivity contribution >= 4 is 5.69 Å². The zero-order chi connectivity index (χ0) is 14.5. The van der Waals surface area contributed by atoms with Gasteiger partial charge in [-0.05, 0) is 13.0 Å². The van der Waals surface area contributed by atoms with Gasteiger partial charge in [0.05, 0.1) is 18.9 Å². The molecule has 0 aliphatic heterocycles. The van der Waals surface area contributed by atoms with E-state index in [9.17, 15) is 15.3 Å². The number of aryl methyl sites for hydroxylation is 1. The summed E-state index contributed by atoms with van der Waals surface area (Å²) in [5.74, 6) is 0.0885. The lowest BCUT2D eigenvalue weighted by atomic mass is 10.1. The van der Waals surface area contributed by atoms with Crippen LogP contribution in [-0.4, -0.2) is 20.3 Å². The van der Waals surface area contributed by atoms with Crippen LogP contribution >= 0.6 is 0 Å². The number of pyridine rings is 1. The summed E-state index contributed by atoms with van der Waals surface area (Å²) in [7, 11) is 0. The van der Waals surface area contributed by atoms with Gasteiger partial charge < -0.3 is 20.6 Å². The van der Waals surface area contributed by atoms with E-state index >= 15 is 0 Å². The molecular formula is C15H18N2O3. The molecule has 20 heavy (non-hydrogen) atoms. The Balaban J connectivity index is 2.25. The van der Waals surface area contributed by atoms with Gasteiger partial charge in [-0.1, -0.05) is 18.2 Å². The van der Waals surface area contributed by atoms with Crippen LogP contribution < -0.4 is 5.32 Å². The molecule has 0 spiro atoms. The second kappa shape index (κ2) is 6.36. The number of benzene rings is 1. The lowest BCUT2D eigenvalue weighted by molar-refractivity contribution is 0.279. The summed E-state index contributed by atoms with van der Waals surface area (Å²) in [6.07, 6.45) is 1.56. The van der Waals surface area contributed by atoms with E-state index in [0.717, 1.165) is 11.3 Å². The van der Waals surface area contributed by atoms with Gasteiger partial charge in [-0.25, -0.2) is 0 Å². The highest BCUT2D eigenvalue weighted by molar-refractivity contribution is 5.52. The summed E-state index contributed by atoms with van der Waals surface area (Å²) in [6.45, 7) is 1.82. The second-order valence-corrected chi connectivity index (χ2v) is 4.52. The molecule has 0 radical (unpaired) electrons. The maximum Gasteiger partial charge on any atom is 0.142 e. The first-order valence-corrected chi connectivity index (χ1v) is 6.37. The number of nitrogens with zero attached hydrogens (tertiary/aromatic N) is 1. The summed E-state index contributed by atoms with van der Waals surface area (Å²) in [6, 6.07) is 7.40. The molecule has 1 aromatic carbocycles. The van der Waals surface area contributed by atoms with Crippen LogP contribution in [0, 0.1) is 6.92 Å². The van der Waals surface area contributed by atoms with Crippen molar-refractivity contribution < 1.29 is 15.3 Å². The highest BCUT2D eigenvalue weighted by Crippen LogP contribution is 2.25. The average Bonchev–Trinajstić information content (AvgIpc) is 2.49. The second-order valence-electron chi connectivity index (χ2n) is 4.52. The minimum atomic E-state index is -0.181. The van der Waals surface area contributed by atoms with E-state index in [2.05, 4.69) is 10.3 Å². The molecule has 0 amide bonds. The Morgan fingerprint density at radius 2 is 1.80 bits per heavy atom. The molecule has 4 N–H and O–H groups in total. The van der Waals surface area contributed by atoms with Crippen LogP contribution in [0.4, 0.5) is 5.69 Å². The summed E-state index contributed by atoms with van der Waals surface area (Å²) in [4.78, 5) is 4.02. The van der Waals surface area contributed by atoms with Crippen molar-refractivity contribution in [2.75, 3.05) is 5.32 Å². The van der Waals surface area contributed by atoms with E-state index < -0.39 is 0 Å². The smallest absolute Gasteiger partial charge is 0.142 e. The third kappa shape index (κ3) is 2.89. The molecule has 5 heteroatoms. The van der Waals surface area contributed by atoms with Crippen molar-refractivity contribution in [3.63, 3.8) is 0 Å². The van der Waals surface area contributed by atoms with Crippen molar-refractivity contribution in [2.45, 2.75) is 26.7 Å². The Kier molecular flexibility index (Phi) is 4.55. The van der Waals surface area contributed by atoms with Crippen molar-refractivity contribution in [1.82, 2.24) is 4.98 Å². The number of anilines is 1. The lowest BCUT2D eigenvalue weighted by Crippen LogP contribution is -2.07. The number of para-hydroxylation sites is 1.